The van der Waals surface area contributed by atoms with Crippen LogP contribution in [-0.4, -0.2) is 30.8 Å². The lowest BCUT2D eigenvalue weighted by molar-refractivity contribution is 0.0528. The van der Waals surface area contributed by atoms with Crippen LogP contribution in [-0.2, 0) is 4.74 Å². The Bertz CT molecular complexity index is 543. The van der Waals surface area contributed by atoms with Gasteiger partial charge in [0.2, 0.25) is 0 Å². The summed E-state index contributed by atoms with van der Waals surface area (Å²) < 4.78 is 5.06. The van der Waals surface area contributed by atoms with Crippen molar-refractivity contribution in [3.8, 4) is 0 Å². The van der Waals surface area contributed by atoms with E-state index in [1.165, 1.54) is 0 Å². The van der Waals surface area contributed by atoms with Crippen LogP contribution in [0, 0.1) is 0 Å². The van der Waals surface area contributed by atoms with Gasteiger partial charge in [-0.2, -0.15) is 0 Å². The van der Waals surface area contributed by atoms with Crippen LogP contribution in [0.2, 0.25) is 5.02 Å². The van der Waals surface area contributed by atoms with Gasteiger partial charge in [0, 0.05) is 18.8 Å². The van der Waals surface area contributed by atoms with E-state index in [1.54, 1.807) is 39.0 Å². The van der Waals surface area contributed by atoms with Gasteiger partial charge in [-0.1, -0.05) is 11.6 Å². The van der Waals surface area contributed by atoms with Crippen LogP contribution in [0.25, 0.3) is 0 Å². The number of urea groups is 1. The van der Waals surface area contributed by atoms with Gasteiger partial charge in [-0.05, 0) is 39.0 Å². The minimum Gasteiger partial charge on any atom is -0.444 e. The molecule has 0 saturated carbocycles. The van der Waals surface area contributed by atoms with Gasteiger partial charge in [0.05, 0.1) is 10.7 Å². The molecule has 0 spiro atoms. The molecule has 0 aliphatic carbocycles. The number of ether oxygens (including phenoxy) is 1. The van der Waals surface area contributed by atoms with Crippen molar-refractivity contribution in [2.75, 3.05) is 24.1 Å². The summed E-state index contributed by atoms with van der Waals surface area (Å²) in [6, 6.07) is 4.35. The Morgan fingerprint density at radius 1 is 1.23 bits per heavy atom. The fraction of sp³-hybridized carbons (Fsp3) is 0.429. The van der Waals surface area contributed by atoms with E-state index in [0.29, 0.717) is 16.4 Å². The minimum atomic E-state index is -0.555. The minimum absolute atomic E-state index is 0.248. The highest BCUT2D eigenvalue weighted by Gasteiger charge is 2.15. The summed E-state index contributed by atoms with van der Waals surface area (Å²) in [4.78, 5) is 23.0. The second-order valence-electron chi connectivity index (χ2n) is 5.55. The molecule has 8 heteroatoms. The maximum atomic E-state index is 11.7. The van der Waals surface area contributed by atoms with Crippen LogP contribution in [0.4, 0.5) is 21.0 Å². The van der Waals surface area contributed by atoms with Gasteiger partial charge in [0.1, 0.15) is 5.60 Å². The third kappa shape index (κ3) is 7.03. The zero-order chi connectivity index (χ0) is 16.8. The first-order valence-electron chi connectivity index (χ1n) is 6.74. The van der Waals surface area contributed by atoms with Crippen LogP contribution in [0.15, 0.2) is 18.2 Å². The highest BCUT2D eigenvalue weighted by Crippen LogP contribution is 2.23. The summed E-state index contributed by atoms with van der Waals surface area (Å²) in [5.74, 6) is 0. The molecule has 1 aromatic carbocycles. The fourth-order valence-corrected chi connectivity index (χ4v) is 1.69. The Kier molecular flexibility index (Phi) is 6.30. The van der Waals surface area contributed by atoms with Crippen molar-refractivity contribution >= 4 is 35.1 Å². The Labute approximate surface area is 134 Å². The van der Waals surface area contributed by atoms with Crippen molar-refractivity contribution in [2.24, 2.45) is 0 Å². The van der Waals surface area contributed by atoms with E-state index in [9.17, 15) is 9.59 Å². The van der Waals surface area contributed by atoms with Gasteiger partial charge in [-0.15, -0.1) is 0 Å². The number of benzene rings is 1. The molecule has 3 amide bonds. The molecule has 0 aliphatic rings. The zero-order valence-corrected chi connectivity index (χ0v) is 13.6. The quantitative estimate of drug-likeness (QED) is 0.503. The van der Waals surface area contributed by atoms with E-state index in [2.05, 4.69) is 16.0 Å². The summed E-state index contributed by atoms with van der Waals surface area (Å²) in [5.41, 5.74) is 5.97. The summed E-state index contributed by atoms with van der Waals surface area (Å²) in [6.45, 7) is 5.81. The lowest BCUT2D eigenvalue weighted by Gasteiger charge is -2.19. The predicted octanol–water partition coefficient (Wildman–Crippen LogP) is 2.57. The number of alkyl carbamates (subject to hydrolysis) is 1. The molecule has 1 rings (SSSR count). The molecule has 0 atom stereocenters. The van der Waals surface area contributed by atoms with Crippen LogP contribution < -0.4 is 21.7 Å². The van der Waals surface area contributed by atoms with Crippen molar-refractivity contribution in [2.45, 2.75) is 26.4 Å². The van der Waals surface area contributed by atoms with E-state index in [1.807, 2.05) is 0 Å². The van der Waals surface area contributed by atoms with Crippen LogP contribution >= 0.6 is 11.6 Å². The molecule has 0 unspecified atom stereocenters. The highest BCUT2D eigenvalue weighted by molar-refractivity contribution is 6.34. The maximum absolute atomic E-state index is 11.7. The molecular weight excluding hydrogens is 308 g/mol. The molecule has 0 bridgehead atoms. The van der Waals surface area contributed by atoms with E-state index in [-0.39, 0.29) is 13.1 Å². The normalized spacial score (nSPS) is 10.7. The number of anilines is 2. The SMILES string of the molecule is CC(C)(C)OC(=O)NCCNC(=O)Nc1ccc(N)cc1Cl. The van der Waals surface area contributed by atoms with Gasteiger partial charge in [-0.25, -0.2) is 9.59 Å². The molecule has 122 valence electrons. The average Bonchev–Trinajstić information content (AvgIpc) is 2.36. The Balaban J connectivity index is 2.28. The second kappa shape index (κ2) is 7.74. The molecule has 0 heterocycles. The Morgan fingerprint density at radius 2 is 1.86 bits per heavy atom. The number of nitrogens with one attached hydrogen (secondary N) is 3. The number of hydrogen-bond acceptors (Lipinski definition) is 4. The predicted molar refractivity (Wildman–Crippen MR) is 87.1 cm³/mol. The van der Waals surface area contributed by atoms with E-state index >= 15 is 0 Å². The molecule has 0 aromatic heterocycles. The average molecular weight is 329 g/mol. The first-order chi connectivity index (χ1) is 10.2. The number of nitrogens with two attached hydrogens (primary N) is 1. The number of nitrogen functional groups attached to an aromatic ring is 1. The van der Waals surface area contributed by atoms with Gasteiger partial charge in [0.25, 0.3) is 0 Å². The van der Waals surface area contributed by atoms with Crippen molar-refractivity contribution in [3.63, 3.8) is 0 Å². The first kappa shape index (κ1) is 17.9. The summed E-state index contributed by atoms with van der Waals surface area (Å²) in [6.07, 6.45) is -0.531. The van der Waals surface area contributed by atoms with Crippen LogP contribution in [0.1, 0.15) is 20.8 Å². The van der Waals surface area contributed by atoms with Gasteiger partial charge in [-0.3, -0.25) is 0 Å². The third-order valence-corrected chi connectivity index (χ3v) is 2.63. The van der Waals surface area contributed by atoms with Gasteiger partial charge in [0.15, 0.2) is 0 Å². The van der Waals surface area contributed by atoms with Gasteiger partial charge < -0.3 is 26.4 Å². The largest absolute Gasteiger partial charge is 0.444 e. The van der Waals surface area contributed by atoms with E-state index in [0.717, 1.165) is 0 Å². The molecule has 0 aliphatic heterocycles. The fourth-order valence-electron chi connectivity index (χ4n) is 1.45. The Morgan fingerprint density at radius 3 is 2.45 bits per heavy atom. The third-order valence-electron chi connectivity index (χ3n) is 2.32. The lowest BCUT2D eigenvalue weighted by atomic mass is 10.2. The summed E-state index contributed by atoms with van der Waals surface area (Å²) in [5, 5.41) is 8.04. The molecule has 7 nitrogen and oxygen atoms in total. The van der Waals surface area contributed by atoms with Crippen LogP contribution in [0.5, 0.6) is 0 Å². The van der Waals surface area contributed by atoms with E-state index < -0.39 is 17.7 Å². The number of carbonyl (C=O) groups is 2. The molecule has 1 aromatic rings. The van der Waals surface area contributed by atoms with E-state index in [4.69, 9.17) is 22.1 Å². The molecular formula is C14H21ClN4O3. The standard InChI is InChI=1S/C14H21ClN4O3/c1-14(2,3)22-13(21)18-7-6-17-12(20)19-11-5-4-9(16)8-10(11)15/h4-5,8H,6-7,16H2,1-3H3,(H,18,21)(H2,17,19,20). The van der Waals surface area contributed by atoms with Crippen molar-refractivity contribution < 1.29 is 14.3 Å². The molecule has 22 heavy (non-hydrogen) atoms. The second-order valence-corrected chi connectivity index (χ2v) is 5.96. The zero-order valence-electron chi connectivity index (χ0n) is 12.8. The van der Waals surface area contributed by atoms with Gasteiger partial charge >= 0.3 is 12.1 Å². The first-order valence-corrected chi connectivity index (χ1v) is 7.12. The monoisotopic (exact) mass is 328 g/mol. The number of carbonyl (C=O) groups excluding carboxylic acids is 2. The van der Waals surface area contributed by atoms with Crippen molar-refractivity contribution in [1.29, 1.82) is 0 Å². The van der Waals surface area contributed by atoms with Crippen LogP contribution in [0.3, 0.4) is 0 Å². The lowest BCUT2D eigenvalue weighted by Crippen LogP contribution is -2.39. The maximum Gasteiger partial charge on any atom is 0.407 e. The molecule has 0 fully saturated rings. The number of hydrogen-bond donors (Lipinski definition) is 4. The number of amides is 3. The van der Waals surface area contributed by atoms with Crippen molar-refractivity contribution in [1.82, 2.24) is 10.6 Å². The summed E-state index contributed by atoms with van der Waals surface area (Å²) >= 11 is 5.94. The molecule has 5 N–H and O–H groups in total. The summed E-state index contributed by atoms with van der Waals surface area (Å²) in [7, 11) is 0. The Hall–Kier alpha value is -2.15. The highest BCUT2D eigenvalue weighted by atomic mass is 35.5. The number of halogens is 1. The van der Waals surface area contributed by atoms with Crippen molar-refractivity contribution in [3.05, 3.63) is 23.2 Å². The number of rotatable bonds is 4. The molecule has 0 saturated heterocycles. The molecule has 0 radical (unpaired) electrons. The smallest absolute Gasteiger partial charge is 0.407 e. The topological polar surface area (TPSA) is 105 Å².